The van der Waals surface area contributed by atoms with Crippen LogP contribution in [0.2, 0.25) is 0 Å². The van der Waals surface area contributed by atoms with Gasteiger partial charge in [-0.3, -0.25) is 0 Å². The molecule has 1 aliphatic carbocycles. The smallest absolute Gasteiger partial charge is 0.395 e. The Balaban J connectivity index is 1.81. The highest BCUT2D eigenvalue weighted by Crippen LogP contribution is 2.45. The first kappa shape index (κ1) is 23.9. The van der Waals surface area contributed by atoms with E-state index in [0.29, 0.717) is 18.4 Å². The quantitative estimate of drug-likeness (QED) is 0.549. The maximum Gasteiger partial charge on any atom is 0.416 e. The van der Waals surface area contributed by atoms with E-state index < -0.39 is 11.7 Å². The number of hydrogen-bond acceptors (Lipinski definition) is 3. The van der Waals surface area contributed by atoms with Gasteiger partial charge in [0.1, 0.15) is 0 Å². The summed E-state index contributed by atoms with van der Waals surface area (Å²) in [6.07, 6.45) is 7.10. The average Bonchev–Trinajstić information content (AvgIpc) is 2.72. The minimum atomic E-state index is -4.33. The first-order valence-electron chi connectivity index (χ1n) is 11.3. The van der Waals surface area contributed by atoms with Gasteiger partial charge in [-0.05, 0) is 67.8 Å². The Morgan fingerprint density at radius 2 is 2.03 bits per heavy atom. The maximum absolute atomic E-state index is 13.3. The molecule has 2 aliphatic rings. The summed E-state index contributed by atoms with van der Waals surface area (Å²) in [5, 5.41) is 12.7. The third kappa shape index (κ3) is 5.92. The lowest BCUT2D eigenvalue weighted by Gasteiger charge is -2.43. The maximum atomic E-state index is 13.3. The van der Waals surface area contributed by atoms with E-state index in [0.717, 1.165) is 37.1 Å². The molecule has 0 saturated heterocycles. The number of nitrogens with zero attached hydrogens (tertiary/aromatic N) is 1. The number of likely N-dealkylation sites (N-methyl/N-ethyl adjacent to an activating group) is 1. The molecule has 0 bridgehead atoms. The van der Waals surface area contributed by atoms with Crippen molar-refractivity contribution >= 4 is 5.69 Å². The van der Waals surface area contributed by atoms with Crippen LogP contribution in [-0.4, -0.2) is 42.8 Å². The molecule has 3 rings (SSSR count). The summed E-state index contributed by atoms with van der Waals surface area (Å²) >= 11 is 0. The summed E-state index contributed by atoms with van der Waals surface area (Å²) in [4.78, 5) is 2.13. The van der Waals surface area contributed by atoms with E-state index in [4.69, 9.17) is 5.11 Å². The SMILES string of the molecule is CC1c2cc(C(F)(F)F)ccc2N[C@@H](C2C=CC=CC2)[C@@H]1CC[C@@H](C)CN(C)CCO. The summed E-state index contributed by atoms with van der Waals surface area (Å²) in [7, 11) is 2.01. The lowest BCUT2D eigenvalue weighted by Crippen LogP contribution is -2.42. The fourth-order valence-corrected chi connectivity index (χ4v) is 5.16. The molecule has 2 N–H and O–H groups in total. The molecule has 6 heteroatoms. The van der Waals surface area contributed by atoms with Gasteiger partial charge in [-0.1, -0.05) is 38.2 Å². The van der Waals surface area contributed by atoms with Crippen LogP contribution in [0.1, 0.15) is 50.2 Å². The highest BCUT2D eigenvalue weighted by Gasteiger charge is 2.39. The monoisotopic (exact) mass is 436 g/mol. The molecule has 1 aromatic carbocycles. The van der Waals surface area contributed by atoms with Crippen molar-refractivity contribution < 1.29 is 18.3 Å². The molecule has 0 saturated carbocycles. The third-order valence-electron chi connectivity index (χ3n) is 6.87. The van der Waals surface area contributed by atoms with Gasteiger partial charge in [-0.25, -0.2) is 0 Å². The molecule has 0 fully saturated rings. The molecule has 1 aliphatic heterocycles. The van der Waals surface area contributed by atoms with E-state index >= 15 is 0 Å². The van der Waals surface area contributed by atoms with Crippen LogP contribution in [0.3, 0.4) is 0 Å². The van der Waals surface area contributed by atoms with Crippen LogP contribution in [0.4, 0.5) is 18.9 Å². The van der Waals surface area contributed by atoms with E-state index in [-0.39, 0.29) is 24.5 Å². The number of aliphatic hydroxyl groups excluding tert-OH is 1. The number of halogens is 3. The number of alkyl halides is 3. The van der Waals surface area contributed by atoms with Crippen LogP contribution in [0, 0.1) is 17.8 Å². The van der Waals surface area contributed by atoms with Gasteiger partial charge >= 0.3 is 6.18 Å². The molecule has 3 nitrogen and oxygen atoms in total. The number of rotatable bonds is 8. The number of anilines is 1. The van der Waals surface area contributed by atoms with Crippen molar-refractivity contribution in [1.29, 1.82) is 0 Å². The zero-order valence-electron chi connectivity index (χ0n) is 18.7. The van der Waals surface area contributed by atoms with Crippen molar-refractivity contribution in [3.63, 3.8) is 0 Å². The first-order valence-corrected chi connectivity index (χ1v) is 11.3. The Kier molecular flexibility index (Phi) is 7.87. The summed E-state index contributed by atoms with van der Waals surface area (Å²) in [6.45, 7) is 6.00. The van der Waals surface area contributed by atoms with Crippen molar-refractivity contribution in [3.8, 4) is 0 Å². The van der Waals surface area contributed by atoms with E-state index in [1.807, 2.05) is 7.05 Å². The Morgan fingerprint density at radius 1 is 1.26 bits per heavy atom. The molecule has 0 radical (unpaired) electrons. The molecular weight excluding hydrogens is 401 g/mol. The number of aliphatic hydroxyl groups is 1. The van der Waals surface area contributed by atoms with Gasteiger partial charge in [-0.2, -0.15) is 13.2 Å². The van der Waals surface area contributed by atoms with E-state index in [9.17, 15) is 13.2 Å². The Hall–Kier alpha value is -1.79. The minimum absolute atomic E-state index is 0.0465. The Morgan fingerprint density at radius 3 is 2.68 bits per heavy atom. The molecule has 0 spiro atoms. The van der Waals surface area contributed by atoms with Crippen LogP contribution >= 0.6 is 0 Å². The van der Waals surface area contributed by atoms with Crippen LogP contribution in [0.5, 0.6) is 0 Å². The topological polar surface area (TPSA) is 35.5 Å². The van der Waals surface area contributed by atoms with Gasteiger partial charge < -0.3 is 15.3 Å². The zero-order chi connectivity index (χ0) is 22.6. The normalized spacial score (nSPS) is 26.6. The molecule has 172 valence electrons. The van der Waals surface area contributed by atoms with E-state index in [1.54, 1.807) is 6.07 Å². The highest BCUT2D eigenvalue weighted by atomic mass is 19.4. The molecule has 2 unspecified atom stereocenters. The van der Waals surface area contributed by atoms with Crippen molar-refractivity contribution in [1.82, 2.24) is 4.90 Å². The predicted molar refractivity (Wildman–Crippen MR) is 120 cm³/mol. The van der Waals surface area contributed by atoms with E-state index in [2.05, 4.69) is 48.4 Å². The molecule has 5 atom stereocenters. The lowest BCUT2D eigenvalue weighted by molar-refractivity contribution is -0.137. The zero-order valence-corrected chi connectivity index (χ0v) is 18.7. The summed E-state index contributed by atoms with van der Waals surface area (Å²) in [6, 6.07) is 4.33. The summed E-state index contributed by atoms with van der Waals surface area (Å²) < 4.78 is 40.0. The van der Waals surface area contributed by atoms with E-state index in [1.165, 1.54) is 12.1 Å². The standard InChI is InChI=1S/C25H35F3N2O/c1-17(16-30(3)13-14-31)9-11-21-18(2)22-15-20(25(26,27)28)10-12-23(22)29-24(21)19-7-5-4-6-8-19/h4-7,10,12,15,17-19,21,24,29,31H,8-9,11,13-14,16H2,1-3H3/t17-,18?,19?,21-,24+/m1/s1. The van der Waals surface area contributed by atoms with Crippen molar-refractivity contribution in [2.24, 2.45) is 17.8 Å². The molecule has 1 aromatic rings. The molecule has 31 heavy (non-hydrogen) atoms. The number of benzene rings is 1. The minimum Gasteiger partial charge on any atom is -0.395 e. The largest absolute Gasteiger partial charge is 0.416 e. The lowest BCUT2D eigenvalue weighted by atomic mass is 9.70. The summed E-state index contributed by atoms with van der Waals surface area (Å²) in [5.41, 5.74) is 1.04. The fourth-order valence-electron chi connectivity index (χ4n) is 5.16. The van der Waals surface area contributed by atoms with Crippen molar-refractivity contribution in [2.75, 3.05) is 32.1 Å². The van der Waals surface area contributed by atoms with Crippen LogP contribution in [-0.2, 0) is 6.18 Å². The number of hydrogen-bond donors (Lipinski definition) is 2. The van der Waals surface area contributed by atoms with Gasteiger partial charge in [0.05, 0.1) is 12.2 Å². The van der Waals surface area contributed by atoms with Gasteiger partial charge in [0.2, 0.25) is 0 Å². The van der Waals surface area contributed by atoms with Crippen molar-refractivity contribution in [3.05, 3.63) is 53.6 Å². The number of fused-ring (bicyclic) bond motifs is 1. The van der Waals surface area contributed by atoms with Gasteiger partial charge in [0, 0.05) is 30.7 Å². The Labute approximate surface area is 184 Å². The van der Waals surface area contributed by atoms with Crippen LogP contribution in [0.25, 0.3) is 0 Å². The second-order valence-corrected chi connectivity index (χ2v) is 9.30. The molecular formula is C25H35F3N2O. The fraction of sp³-hybridized carbons (Fsp3) is 0.600. The van der Waals surface area contributed by atoms with Crippen molar-refractivity contribution in [2.45, 2.75) is 51.2 Å². The molecule has 0 aromatic heterocycles. The second-order valence-electron chi connectivity index (χ2n) is 9.30. The molecule has 0 amide bonds. The van der Waals surface area contributed by atoms with Gasteiger partial charge in [-0.15, -0.1) is 0 Å². The first-order chi connectivity index (χ1) is 14.7. The number of nitrogens with one attached hydrogen (secondary N) is 1. The third-order valence-corrected chi connectivity index (χ3v) is 6.87. The average molecular weight is 437 g/mol. The second kappa shape index (κ2) is 10.2. The number of allylic oxidation sites excluding steroid dienone is 3. The van der Waals surface area contributed by atoms with Crippen LogP contribution in [0.15, 0.2) is 42.5 Å². The van der Waals surface area contributed by atoms with Gasteiger partial charge in [0.15, 0.2) is 0 Å². The highest BCUT2D eigenvalue weighted by molar-refractivity contribution is 5.58. The molecule has 1 heterocycles. The van der Waals surface area contributed by atoms with Crippen LogP contribution < -0.4 is 5.32 Å². The van der Waals surface area contributed by atoms with Gasteiger partial charge in [0.25, 0.3) is 0 Å². The summed E-state index contributed by atoms with van der Waals surface area (Å²) in [5.74, 6) is 1.09. The predicted octanol–water partition coefficient (Wildman–Crippen LogP) is 5.69. The Bertz CT molecular complexity index is 789.